The molecule has 3 rings (SSSR count). The highest BCUT2D eigenvalue weighted by molar-refractivity contribution is 7.13. The molecule has 1 saturated heterocycles. The van der Waals surface area contributed by atoms with E-state index < -0.39 is 18.0 Å². The largest absolute Gasteiger partial charge is 0.465 e. The molecule has 9 heteroatoms. The summed E-state index contributed by atoms with van der Waals surface area (Å²) in [6, 6.07) is 4.11. The van der Waals surface area contributed by atoms with Crippen molar-refractivity contribution in [3.63, 3.8) is 0 Å². The number of nitrogens with one attached hydrogen (secondary N) is 1. The first kappa shape index (κ1) is 20.1. The number of halogens is 1. The number of carboxylic acid groups (broad SMARTS) is 1. The first-order valence-electron chi connectivity index (χ1n) is 9.12. The number of likely N-dealkylation sites (tertiary alicyclic amines) is 1. The number of anilines is 1. The summed E-state index contributed by atoms with van der Waals surface area (Å²) in [7, 11) is 0. The van der Waals surface area contributed by atoms with Gasteiger partial charge in [0.15, 0.2) is 0 Å². The smallest absolute Gasteiger partial charge is 0.411 e. The maximum absolute atomic E-state index is 13.7. The van der Waals surface area contributed by atoms with Gasteiger partial charge in [-0.2, -0.15) is 0 Å². The fourth-order valence-corrected chi connectivity index (χ4v) is 3.96. The van der Waals surface area contributed by atoms with Gasteiger partial charge in [0.1, 0.15) is 10.8 Å². The lowest BCUT2D eigenvalue weighted by atomic mass is 9.98. The van der Waals surface area contributed by atoms with Gasteiger partial charge in [0, 0.05) is 24.0 Å². The van der Waals surface area contributed by atoms with Crippen LogP contribution in [-0.2, 0) is 11.2 Å². The molecule has 1 fully saturated rings. The van der Waals surface area contributed by atoms with Crippen molar-refractivity contribution in [1.82, 2.24) is 9.88 Å². The van der Waals surface area contributed by atoms with Gasteiger partial charge in [0.25, 0.3) is 0 Å². The minimum absolute atomic E-state index is 0.125. The SMILES string of the molecule is CCc1csc(-c2cc(F)ccc2NC(=O)OCC2CCN(C(=O)O)CC2)n1. The van der Waals surface area contributed by atoms with Gasteiger partial charge in [-0.25, -0.2) is 19.0 Å². The third-order valence-corrected chi connectivity index (χ3v) is 5.62. The molecule has 2 N–H and O–H groups in total. The number of amides is 2. The molecule has 0 atom stereocenters. The normalized spacial score (nSPS) is 14.7. The second kappa shape index (κ2) is 9.01. The number of ether oxygens (including phenoxy) is 1. The first-order valence-corrected chi connectivity index (χ1v) is 10.00. The van der Waals surface area contributed by atoms with Gasteiger partial charge in [-0.05, 0) is 43.4 Å². The van der Waals surface area contributed by atoms with E-state index in [1.807, 2.05) is 12.3 Å². The Morgan fingerprint density at radius 3 is 2.79 bits per heavy atom. The molecule has 0 radical (unpaired) electrons. The Labute approximate surface area is 166 Å². The molecule has 1 aliphatic heterocycles. The van der Waals surface area contributed by atoms with Crippen molar-refractivity contribution in [2.45, 2.75) is 26.2 Å². The predicted molar refractivity (Wildman–Crippen MR) is 104 cm³/mol. The number of hydrogen-bond acceptors (Lipinski definition) is 5. The standard InChI is InChI=1S/C19H22FN3O4S/c1-2-14-11-28-17(21-14)15-9-13(20)3-4-16(15)22-18(24)27-10-12-5-7-23(8-6-12)19(25)26/h3-4,9,11-12H,2,5-8,10H2,1H3,(H,22,24)(H,25,26). The molecule has 0 unspecified atom stereocenters. The second-order valence-corrected chi connectivity index (χ2v) is 7.48. The van der Waals surface area contributed by atoms with E-state index >= 15 is 0 Å². The molecule has 28 heavy (non-hydrogen) atoms. The van der Waals surface area contributed by atoms with Gasteiger partial charge in [-0.15, -0.1) is 11.3 Å². The summed E-state index contributed by atoms with van der Waals surface area (Å²) >= 11 is 1.39. The summed E-state index contributed by atoms with van der Waals surface area (Å²) in [5, 5.41) is 14.2. The lowest BCUT2D eigenvalue weighted by Gasteiger charge is -2.29. The molecule has 1 aromatic heterocycles. The Morgan fingerprint density at radius 1 is 1.39 bits per heavy atom. The molecule has 1 aromatic carbocycles. The predicted octanol–water partition coefficient (Wildman–Crippen LogP) is 4.45. The molecule has 0 saturated carbocycles. The zero-order valence-electron chi connectivity index (χ0n) is 15.5. The fraction of sp³-hybridized carbons (Fsp3) is 0.421. The van der Waals surface area contributed by atoms with Gasteiger partial charge in [0.2, 0.25) is 0 Å². The van der Waals surface area contributed by atoms with Crippen molar-refractivity contribution in [3.05, 3.63) is 35.1 Å². The number of benzene rings is 1. The molecule has 0 aliphatic carbocycles. The number of hydrogen-bond donors (Lipinski definition) is 2. The number of carbonyl (C=O) groups excluding carboxylic acids is 1. The van der Waals surface area contributed by atoms with Crippen LogP contribution in [0.1, 0.15) is 25.5 Å². The maximum Gasteiger partial charge on any atom is 0.411 e. The zero-order valence-corrected chi connectivity index (χ0v) is 16.3. The van der Waals surface area contributed by atoms with Gasteiger partial charge >= 0.3 is 12.2 Å². The molecule has 2 amide bonds. The van der Waals surface area contributed by atoms with Gasteiger partial charge < -0.3 is 14.7 Å². The van der Waals surface area contributed by atoms with E-state index in [1.165, 1.54) is 34.4 Å². The van der Waals surface area contributed by atoms with Crippen LogP contribution in [0.4, 0.5) is 19.7 Å². The summed E-state index contributed by atoms with van der Waals surface area (Å²) in [5.41, 5.74) is 1.85. The first-order chi connectivity index (χ1) is 13.5. The number of rotatable bonds is 5. The minimum Gasteiger partial charge on any atom is -0.465 e. The Morgan fingerprint density at radius 2 is 2.14 bits per heavy atom. The molecule has 150 valence electrons. The lowest BCUT2D eigenvalue weighted by molar-refractivity contribution is 0.0948. The third-order valence-electron chi connectivity index (χ3n) is 4.70. The van der Waals surface area contributed by atoms with E-state index in [2.05, 4.69) is 10.3 Å². The van der Waals surface area contributed by atoms with Crippen LogP contribution in [0, 0.1) is 11.7 Å². The van der Waals surface area contributed by atoms with Gasteiger partial charge in [-0.1, -0.05) is 6.92 Å². The zero-order chi connectivity index (χ0) is 20.1. The molecular formula is C19H22FN3O4S. The van der Waals surface area contributed by atoms with E-state index in [0.717, 1.165) is 12.1 Å². The third kappa shape index (κ3) is 4.98. The summed E-state index contributed by atoms with van der Waals surface area (Å²) in [4.78, 5) is 28.9. The molecule has 7 nitrogen and oxygen atoms in total. The van der Waals surface area contributed by atoms with Gasteiger partial charge in [-0.3, -0.25) is 5.32 Å². The summed E-state index contributed by atoms with van der Waals surface area (Å²) in [6.45, 7) is 3.09. The van der Waals surface area contributed by atoms with E-state index in [-0.39, 0.29) is 12.5 Å². The molecular weight excluding hydrogens is 385 g/mol. The van der Waals surface area contributed by atoms with Crippen molar-refractivity contribution in [2.75, 3.05) is 25.0 Å². The van der Waals surface area contributed by atoms with E-state index in [0.29, 0.717) is 42.2 Å². The van der Waals surface area contributed by atoms with Crippen LogP contribution >= 0.6 is 11.3 Å². The Hall–Kier alpha value is -2.68. The number of aromatic nitrogens is 1. The summed E-state index contributed by atoms with van der Waals surface area (Å²) in [6.07, 6.45) is 0.535. The van der Waals surface area contributed by atoms with Crippen LogP contribution in [-0.4, -0.2) is 46.9 Å². The van der Waals surface area contributed by atoms with Crippen molar-refractivity contribution >= 4 is 29.2 Å². The molecule has 2 heterocycles. The fourth-order valence-electron chi connectivity index (χ4n) is 3.03. The van der Waals surface area contributed by atoms with Crippen molar-refractivity contribution < 1.29 is 23.8 Å². The summed E-state index contributed by atoms with van der Waals surface area (Å²) < 4.78 is 19.0. The number of thiazole rings is 1. The second-order valence-electron chi connectivity index (χ2n) is 6.62. The Balaban J connectivity index is 1.59. The minimum atomic E-state index is -0.922. The van der Waals surface area contributed by atoms with E-state index in [9.17, 15) is 14.0 Å². The highest BCUT2D eigenvalue weighted by Gasteiger charge is 2.23. The van der Waals surface area contributed by atoms with Gasteiger partial charge in [0.05, 0.1) is 18.0 Å². The summed E-state index contributed by atoms with van der Waals surface area (Å²) in [5.74, 6) is -0.285. The van der Waals surface area contributed by atoms with Crippen LogP contribution in [0.25, 0.3) is 10.6 Å². The highest BCUT2D eigenvalue weighted by Crippen LogP contribution is 2.31. The topological polar surface area (TPSA) is 91.8 Å². The molecule has 1 aliphatic rings. The molecule has 0 bridgehead atoms. The lowest BCUT2D eigenvalue weighted by Crippen LogP contribution is -2.38. The van der Waals surface area contributed by atoms with Crippen molar-refractivity contribution in [2.24, 2.45) is 5.92 Å². The number of aryl methyl sites for hydroxylation is 1. The van der Waals surface area contributed by atoms with E-state index in [4.69, 9.17) is 9.84 Å². The van der Waals surface area contributed by atoms with E-state index in [1.54, 1.807) is 0 Å². The quantitative estimate of drug-likeness (QED) is 0.764. The number of nitrogens with zero attached hydrogens (tertiary/aromatic N) is 2. The number of carbonyl (C=O) groups is 2. The van der Waals surface area contributed by atoms with Crippen LogP contribution in [0.15, 0.2) is 23.6 Å². The Bertz CT molecular complexity index is 849. The Kier molecular flexibility index (Phi) is 6.45. The average molecular weight is 407 g/mol. The molecule has 2 aromatic rings. The maximum atomic E-state index is 13.7. The van der Waals surface area contributed by atoms with Crippen LogP contribution in [0.2, 0.25) is 0 Å². The van der Waals surface area contributed by atoms with Crippen LogP contribution in [0.3, 0.4) is 0 Å². The van der Waals surface area contributed by atoms with Crippen molar-refractivity contribution in [3.8, 4) is 10.6 Å². The van der Waals surface area contributed by atoms with Crippen LogP contribution < -0.4 is 5.32 Å². The van der Waals surface area contributed by atoms with Crippen molar-refractivity contribution in [1.29, 1.82) is 0 Å². The average Bonchev–Trinajstić information content (AvgIpc) is 3.17. The highest BCUT2D eigenvalue weighted by atomic mass is 32.1. The van der Waals surface area contributed by atoms with Crippen LogP contribution in [0.5, 0.6) is 0 Å². The monoisotopic (exact) mass is 407 g/mol. The molecule has 0 spiro atoms. The number of piperidine rings is 1.